The lowest BCUT2D eigenvalue weighted by atomic mass is 9.86. The van der Waals surface area contributed by atoms with Crippen LogP contribution in [0.3, 0.4) is 0 Å². The van der Waals surface area contributed by atoms with Gasteiger partial charge in [0.2, 0.25) is 5.91 Å². The van der Waals surface area contributed by atoms with Crippen LogP contribution in [0.15, 0.2) is 18.5 Å². The number of carbonyl (C=O) groups excluding carboxylic acids is 1. The predicted molar refractivity (Wildman–Crippen MR) is 120 cm³/mol. The Hall–Kier alpha value is -2.50. The molecule has 1 atom stereocenters. The quantitative estimate of drug-likeness (QED) is 0.447. The van der Waals surface area contributed by atoms with Crippen molar-refractivity contribution in [2.75, 3.05) is 18.4 Å². The number of hydrogen-bond acceptors (Lipinski definition) is 8. The van der Waals surface area contributed by atoms with Gasteiger partial charge in [0, 0.05) is 10.8 Å². The van der Waals surface area contributed by atoms with E-state index in [1.54, 1.807) is 6.07 Å². The lowest BCUT2D eigenvalue weighted by Gasteiger charge is -2.41. The molecule has 6 rings (SSSR count). The van der Waals surface area contributed by atoms with E-state index >= 15 is 0 Å². The number of aryl methyl sites for hydroxylation is 1. The highest BCUT2D eigenvalue weighted by Gasteiger charge is 2.48. The average Bonchev–Trinajstić information content (AvgIpc) is 3.35. The maximum absolute atomic E-state index is 13.2. The first-order valence-electron chi connectivity index (χ1n) is 9.98. The molecule has 1 saturated heterocycles. The zero-order valence-electron chi connectivity index (χ0n) is 16.4. The molecule has 0 radical (unpaired) electrons. The number of nitrogens with one attached hydrogen (secondary N) is 1. The molecule has 0 saturated carbocycles. The molecule has 1 aliphatic heterocycles. The molecule has 3 aromatic heterocycles. The van der Waals surface area contributed by atoms with Crippen molar-refractivity contribution in [2.24, 2.45) is 5.92 Å². The summed E-state index contributed by atoms with van der Waals surface area (Å²) < 4.78 is 31.2. The number of amides is 1. The SMILES string of the molecule is O=C(C1CCc2c(sc3ncnc(Nc4cc5snnc5cc4Cl)c23)C1)N1CC(F)(F)C1. The van der Waals surface area contributed by atoms with Crippen LogP contribution in [0.2, 0.25) is 5.02 Å². The molecule has 4 aromatic rings. The largest absolute Gasteiger partial charge is 0.338 e. The summed E-state index contributed by atoms with van der Waals surface area (Å²) in [6.45, 7) is -0.941. The van der Waals surface area contributed by atoms with E-state index < -0.39 is 19.0 Å². The molecule has 7 nitrogen and oxygen atoms in total. The summed E-state index contributed by atoms with van der Waals surface area (Å²) >= 11 is 9.26. The second kappa shape index (κ2) is 7.26. The molecule has 1 unspecified atom stereocenters. The van der Waals surface area contributed by atoms with E-state index in [4.69, 9.17) is 11.6 Å². The Morgan fingerprint density at radius 2 is 2.12 bits per heavy atom. The third-order valence-electron chi connectivity index (χ3n) is 5.94. The van der Waals surface area contributed by atoms with Crippen molar-refractivity contribution in [3.05, 3.63) is 33.9 Å². The summed E-state index contributed by atoms with van der Waals surface area (Å²) in [7, 11) is 0. The second-order valence-electron chi connectivity index (χ2n) is 8.09. The lowest BCUT2D eigenvalue weighted by Crippen LogP contribution is -2.60. The number of fused-ring (bicyclic) bond motifs is 4. The van der Waals surface area contributed by atoms with Crippen LogP contribution >= 0.6 is 34.5 Å². The summed E-state index contributed by atoms with van der Waals surface area (Å²) in [5.41, 5.74) is 2.55. The summed E-state index contributed by atoms with van der Waals surface area (Å²) in [4.78, 5) is 24.7. The molecule has 2 aliphatic rings. The van der Waals surface area contributed by atoms with Gasteiger partial charge in [-0.05, 0) is 48.5 Å². The average molecular weight is 493 g/mol. The second-order valence-corrected chi connectivity index (χ2v) is 10.4. The van der Waals surface area contributed by atoms with Gasteiger partial charge in [-0.25, -0.2) is 18.7 Å². The first-order chi connectivity index (χ1) is 15.4. The monoisotopic (exact) mass is 492 g/mol. The molecule has 1 fully saturated rings. The van der Waals surface area contributed by atoms with E-state index in [-0.39, 0.29) is 11.8 Å². The standard InChI is InChI=1S/C20H15ClF2N6OS2/c21-11-4-13-15(32-28-27-13)5-12(11)26-17-16-10-2-1-9(19(30)29-6-20(22,23)7-29)3-14(10)31-18(16)25-8-24-17/h4-5,8-9H,1-3,6-7H2,(H,24,25,26). The van der Waals surface area contributed by atoms with Crippen LogP contribution in [-0.4, -0.2) is 49.4 Å². The zero-order chi connectivity index (χ0) is 22.0. The van der Waals surface area contributed by atoms with Crippen molar-refractivity contribution < 1.29 is 13.6 Å². The number of benzene rings is 1. The Bertz CT molecular complexity index is 1380. The van der Waals surface area contributed by atoms with E-state index in [9.17, 15) is 13.6 Å². The normalized spacial score (nSPS) is 19.7. The number of carbonyl (C=O) groups is 1. The lowest BCUT2D eigenvalue weighted by molar-refractivity contribution is -0.169. The number of aromatic nitrogens is 4. The highest BCUT2D eigenvalue weighted by molar-refractivity contribution is 7.19. The Morgan fingerprint density at radius 3 is 2.94 bits per heavy atom. The Morgan fingerprint density at radius 1 is 1.28 bits per heavy atom. The number of halogens is 3. The molecular formula is C20H15ClF2N6OS2. The van der Waals surface area contributed by atoms with Crippen LogP contribution in [0.5, 0.6) is 0 Å². The molecule has 1 aliphatic carbocycles. The van der Waals surface area contributed by atoms with Crippen LogP contribution in [-0.2, 0) is 17.6 Å². The van der Waals surface area contributed by atoms with Crippen LogP contribution in [0.25, 0.3) is 20.4 Å². The summed E-state index contributed by atoms with van der Waals surface area (Å²) in [6.07, 6.45) is 3.32. The highest BCUT2D eigenvalue weighted by atomic mass is 35.5. The maximum atomic E-state index is 13.2. The van der Waals surface area contributed by atoms with E-state index in [2.05, 4.69) is 24.9 Å². The minimum Gasteiger partial charge on any atom is -0.338 e. The minimum atomic E-state index is -2.75. The van der Waals surface area contributed by atoms with Gasteiger partial charge in [-0.2, -0.15) is 0 Å². The molecular weight excluding hydrogens is 478 g/mol. The Labute approximate surface area is 193 Å². The van der Waals surface area contributed by atoms with Gasteiger partial charge in [0.1, 0.15) is 22.5 Å². The molecule has 0 spiro atoms. The van der Waals surface area contributed by atoms with Gasteiger partial charge in [-0.15, -0.1) is 16.4 Å². The number of thiophene rings is 1. The van der Waals surface area contributed by atoms with E-state index in [0.29, 0.717) is 35.8 Å². The molecule has 1 amide bonds. The Balaban J connectivity index is 1.31. The van der Waals surface area contributed by atoms with Gasteiger partial charge in [0.15, 0.2) is 0 Å². The molecule has 4 heterocycles. The number of alkyl halides is 2. The van der Waals surface area contributed by atoms with Gasteiger partial charge in [0.25, 0.3) is 5.92 Å². The van der Waals surface area contributed by atoms with Gasteiger partial charge < -0.3 is 10.2 Å². The van der Waals surface area contributed by atoms with E-state index in [1.807, 2.05) is 6.07 Å². The number of likely N-dealkylation sites (tertiary alicyclic amines) is 1. The van der Waals surface area contributed by atoms with Crippen LogP contribution < -0.4 is 5.32 Å². The van der Waals surface area contributed by atoms with Crippen molar-refractivity contribution in [1.82, 2.24) is 24.5 Å². The van der Waals surface area contributed by atoms with Gasteiger partial charge >= 0.3 is 0 Å². The first-order valence-corrected chi connectivity index (χ1v) is 12.0. The topological polar surface area (TPSA) is 83.9 Å². The number of rotatable bonds is 3. The molecule has 164 valence electrons. The fraction of sp³-hybridized carbons (Fsp3) is 0.350. The highest BCUT2D eigenvalue weighted by Crippen LogP contribution is 2.42. The fourth-order valence-electron chi connectivity index (χ4n) is 4.37. The zero-order valence-corrected chi connectivity index (χ0v) is 18.8. The molecule has 1 N–H and O–H groups in total. The molecule has 0 bridgehead atoms. The van der Waals surface area contributed by atoms with Crippen molar-refractivity contribution >= 4 is 72.3 Å². The summed E-state index contributed by atoms with van der Waals surface area (Å²) in [6, 6.07) is 3.66. The van der Waals surface area contributed by atoms with E-state index in [1.165, 1.54) is 34.1 Å². The molecule has 12 heteroatoms. The van der Waals surface area contributed by atoms with Crippen LogP contribution in [0.1, 0.15) is 16.9 Å². The van der Waals surface area contributed by atoms with E-state index in [0.717, 1.165) is 30.9 Å². The fourth-order valence-corrected chi connectivity index (χ4v) is 6.42. The van der Waals surface area contributed by atoms with Gasteiger partial charge in [-0.3, -0.25) is 4.79 Å². The van der Waals surface area contributed by atoms with Gasteiger partial charge in [0.05, 0.1) is 33.9 Å². The number of nitrogens with zero attached hydrogens (tertiary/aromatic N) is 5. The summed E-state index contributed by atoms with van der Waals surface area (Å²) in [5.74, 6) is -2.55. The Kier molecular flexibility index (Phi) is 4.57. The third kappa shape index (κ3) is 3.30. The smallest absolute Gasteiger partial charge is 0.282 e. The molecule has 32 heavy (non-hydrogen) atoms. The summed E-state index contributed by atoms with van der Waals surface area (Å²) in [5, 5.41) is 8.80. The van der Waals surface area contributed by atoms with Crippen LogP contribution in [0, 0.1) is 5.92 Å². The minimum absolute atomic E-state index is 0.179. The van der Waals surface area contributed by atoms with Crippen molar-refractivity contribution in [1.29, 1.82) is 0 Å². The van der Waals surface area contributed by atoms with Crippen molar-refractivity contribution in [3.8, 4) is 0 Å². The third-order valence-corrected chi connectivity index (χ3v) is 8.10. The first kappa shape index (κ1) is 20.1. The molecule has 1 aromatic carbocycles. The number of hydrogen-bond donors (Lipinski definition) is 1. The van der Waals surface area contributed by atoms with Crippen molar-refractivity contribution in [3.63, 3.8) is 0 Å². The van der Waals surface area contributed by atoms with Crippen molar-refractivity contribution in [2.45, 2.75) is 25.2 Å². The maximum Gasteiger partial charge on any atom is 0.282 e. The van der Waals surface area contributed by atoms with Crippen LogP contribution in [0.4, 0.5) is 20.3 Å². The van der Waals surface area contributed by atoms with Gasteiger partial charge in [-0.1, -0.05) is 16.1 Å². The number of anilines is 2. The predicted octanol–water partition coefficient (Wildman–Crippen LogP) is 4.68.